The molecule has 0 radical (unpaired) electrons. The normalized spacial score (nSPS) is 13.0. The largest absolute Gasteiger partial charge is 0.479 e. The molecule has 0 aliphatic rings. The highest BCUT2D eigenvalue weighted by Crippen LogP contribution is 2.29. The Morgan fingerprint density at radius 1 is 1.17 bits per heavy atom. The second-order valence-electron chi connectivity index (χ2n) is 7.11. The van der Waals surface area contributed by atoms with E-state index in [1.807, 2.05) is 19.1 Å². The second-order valence-corrected chi connectivity index (χ2v) is 7.11. The molecule has 0 bridgehead atoms. The first-order chi connectivity index (χ1) is 14.1. The van der Waals surface area contributed by atoms with E-state index in [0.717, 1.165) is 23.3 Å². The monoisotopic (exact) mass is 423 g/mol. The average molecular weight is 423 g/mol. The number of hydrogen-bond acceptors (Lipinski definition) is 4. The molecule has 0 aliphatic heterocycles. The van der Waals surface area contributed by atoms with Crippen LogP contribution in [-0.2, 0) is 33.6 Å². The molecule has 1 unspecified atom stereocenters. The zero-order chi connectivity index (χ0) is 22.3. The van der Waals surface area contributed by atoms with Crippen LogP contribution in [0.4, 0.5) is 13.2 Å². The molecule has 5 nitrogen and oxygen atoms in total. The predicted molar refractivity (Wildman–Crippen MR) is 106 cm³/mol. The highest BCUT2D eigenvalue weighted by Gasteiger charge is 2.30. The van der Waals surface area contributed by atoms with Crippen LogP contribution in [0, 0.1) is 6.92 Å². The summed E-state index contributed by atoms with van der Waals surface area (Å²) in [5, 5.41) is 13.2. The van der Waals surface area contributed by atoms with Gasteiger partial charge in [-0.05, 0) is 61.2 Å². The van der Waals surface area contributed by atoms with Gasteiger partial charge in [0.05, 0.1) is 17.9 Å². The van der Waals surface area contributed by atoms with Gasteiger partial charge in [-0.15, -0.1) is 0 Å². The Labute approximate surface area is 173 Å². The van der Waals surface area contributed by atoms with Crippen LogP contribution in [-0.4, -0.2) is 29.5 Å². The van der Waals surface area contributed by atoms with Gasteiger partial charge in [0.1, 0.15) is 6.61 Å². The molecule has 2 aromatic carbocycles. The molecule has 0 saturated heterocycles. The van der Waals surface area contributed by atoms with Crippen molar-refractivity contribution >= 4 is 12.2 Å². The molecule has 0 saturated carbocycles. The number of halogens is 3. The molecule has 2 rings (SSSR count). The number of hydrogen-bond donors (Lipinski definition) is 1. The fourth-order valence-corrected chi connectivity index (χ4v) is 2.74. The van der Waals surface area contributed by atoms with Crippen LogP contribution in [0.5, 0.6) is 0 Å². The predicted octanol–water partition coefficient (Wildman–Crippen LogP) is 4.99. The summed E-state index contributed by atoms with van der Waals surface area (Å²) in [5.41, 5.74) is 1.97. The molecule has 1 N–H and O–H groups in total. The molecule has 0 heterocycles. The number of carboxylic acids is 1. The Morgan fingerprint density at radius 2 is 1.90 bits per heavy atom. The van der Waals surface area contributed by atoms with Gasteiger partial charge in [-0.25, -0.2) is 4.79 Å². The SMILES string of the molecule is Cc1ccc(CC(OC(C)C)C(=O)O)cc1/C=N/OCc1cccc(C(F)(F)F)c1. The van der Waals surface area contributed by atoms with Crippen molar-refractivity contribution in [2.45, 2.75) is 52.2 Å². The summed E-state index contributed by atoms with van der Waals surface area (Å²) in [7, 11) is 0. The van der Waals surface area contributed by atoms with E-state index in [9.17, 15) is 23.1 Å². The summed E-state index contributed by atoms with van der Waals surface area (Å²) in [4.78, 5) is 16.5. The van der Waals surface area contributed by atoms with Crippen LogP contribution in [0.2, 0.25) is 0 Å². The molecule has 0 amide bonds. The highest BCUT2D eigenvalue weighted by molar-refractivity contribution is 5.81. The lowest BCUT2D eigenvalue weighted by molar-refractivity contribution is -0.153. The summed E-state index contributed by atoms with van der Waals surface area (Å²) in [6.07, 6.45) is -3.95. The van der Waals surface area contributed by atoms with Crippen molar-refractivity contribution in [3.05, 3.63) is 70.3 Å². The number of carbonyl (C=O) groups is 1. The number of carboxylic acid groups (broad SMARTS) is 1. The van der Waals surface area contributed by atoms with Gasteiger partial charge in [-0.3, -0.25) is 0 Å². The molecule has 1 atom stereocenters. The number of alkyl halides is 3. The maximum absolute atomic E-state index is 12.8. The van der Waals surface area contributed by atoms with Gasteiger partial charge in [0.25, 0.3) is 0 Å². The number of nitrogens with zero attached hydrogens (tertiary/aromatic N) is 1. The summed E-state index contributed by atoms with van der Waals surface area (Å²) >= 11 is 0. The van der Waals surface area contributed by atoms with Crippen LogP contribution in [0.15, 0.2) is 47.6 Å². The molecule has 8 heteroatoms. The lowest BCUT2D eigenvalue weighted by Gasteiger charge is -2.17. The van der Waals surface area contributed by atoms with Gasteiger partial charge >= 0.3 is 12.1 Å². The maximum atomic E-state index is 12.8. The number of aliphatic carboxylic acids is 1. The topological polar surface area (TPSA) is 68.1 Å². The third-order valence-corrected chi connectivity index (χ3v) is 4.23. The quantitative estimate of drug-likeness (QED) is 0.456. The Morgan fingerprint density at radius 3 is 2.53 bits per heavy atom. The molecule has 0 fully saturated rings. The van der Waals surface area contributed by atoms with E-state index >= 15 is 0 Å². The van der Waals surface area contributed by atoms with Crippen molar-refractivity contribution in [1.82, 2.24) is 0 Å². The molecule has 0 spiro atoms. The smallest absolute Gasteiger partial charge is 0.416 e. The van der Waals surface area contributed by atoms with Crippen LogP contribution in [0.25, 0.3) is 0 Å². The van der Waals surface area contributed by atoms with Crippen molar-refractivity contribution in [3.8, 4) is 0 Å². The Hall–Kier alpha value is -2.87. The van der Waals surface area contributed by atoms with Gasteiger partial charge in [-0.1, -0.05) is 29.4 Å². The number of ether oxygens (including phenoxy) is 1. The minimum absolute atomic E-state index is 0.109. The lowest BCUT2D eigenvalue weighted by Crippen LogP contribution is -2.29. The lowest BCUT2D eigenvalue weighted by atomic mass is 10.0. The van der Waals surface area contributed by atoms with Crippen molar-refractivity contribution in [2.24, 2.45) is 5.16 Å². The van der Waals surface area contributed by atoms with E-state index < -0.39 is 23.8 Å². The van der Waals surface area contributed by atoms with Gasteiger partial charge in [-0.2, -0.15) is 13.2 Å². The van der Waals surface area contributed by atoms with Crippen LogP contribution in [0.3, 0.4) is 0 Å². The first-order valence-electron chi connectivity index (χ1n) is 9.35. The zero-order valence-corrected chi connectivity index (χ0v) is 16.9. The molecule has 162 valence electrons. The number of benzene rings is 2. The maximum Gasteiger partial charge on any atom is 0.416 e. The molecule has 0 aromatic heterocycles. The Bertz CT molecular complexity index is 894. The van der Waals surface area contributed by atoms with Crippen LogP contribution in [0.1, 0.15) is 41.7 Å². The number of rotatable bonds is 9. The molecule has 0 aliphatic carbocycles. The first-order valence-corrected chi connectivity index (χ1v) is 9.35. The average Bonchev–Trinajstić information content (AvgIpc) is 2.66. The third-order valence-electron chi connectivity index (χ3n) is 4.23. The van der Waals surface area contributed by atoms with E-state index in [4.69, 9.17) is 9.57 Å². The summed E-state index contributed by atoms with van der Waals surface area (Å²) in [5.74, 6) is -1.04. The van der Waals surface area contributed by atoms with Crippen molar-refractivity contribution in [1.29, 1.82) is 0 Å². The number of aryl methyl sites for hydroxylation is 1. The Balaban J connectivity index is 2.03. The van der Waals surface area contributed by atoms with Crippen molar-refractivity contribution in [2.75, 3.05) is 0 Å². The highest BCUT2D eigenvalue weighted by atomic mass is 19.4. The van der Waals surface area contributed by atoms with E-state index in [1.165, 1.54) is 18.3 Å². The van der Waals surface area contributed by atoms with Crippen LogP contribution >= 0.6 is 0 Å². The first kappa shape index (κ1) is 23.4. The van der Waals surface area contributed by atoms with Gasteiger partial charge in [0.2, 0.25) is 0 Å². The summed E-state index contributed by atoms with van der Waals surface area (Å²) < 4.78 is 43.7. The van der Waals surface area contributed by atoms with Gasteiger partial charge in [0.15, 0.2) is 6.10 Å². The van der Waals surface area contributed by atoms with Crippen LogP contribution < -0.4 is 0 Å². The minimum Gasteiger partial charge on any atom is -0.479 e. The zero-order valence-electron chi connectivity index (χ0n) is 16.9. The van der Waals surface area contributed by atoms with Gasteiger partial charge < -0.3 is 14.7 Å². The van der Waals surface area contributed by atoms with Gasteiger partial charge in [0, 0.05) is 6.42 Å². The fraction of sp³-hybridized carbons (Fsp3) is 0.364. The summed E-state index contributed by atoms with van der Waals surface area (Å²) in [6, 6.07) is 10.3. The Kier molecular flexibility index (Phi) is 8.00. The van der Waals surface area contributed by atoms with Crippen molar-refractivity contribution < 1.29 is 32.6 Å². The third kappa shape index (κ3) is 7.18. The fourth-order valence-electron chi connectivity index (χ4n) is 2.74. The van der Waals surface area contributed by atoms with E-state index in [1.54, 1.807) is 19.9 Å². The van der Waals surface area contributed by atoms with Crippen molar-refractivity contribution in [3.63, 3.8) is 0 Å². The van der Waals surface area contributed by atoms with E-state index in [2.05, 4.69) is 5.16 Å². The number of oxime groups is 1. The summed E-state index contributed by atoms with van der Waals surface area (Å²) in [6.45, 7) is 5.29. The second kappa shape index (κ2) is 10.2. The molecular formula is C22H24F3NO4. The van der Waals surface area contributed by atoms with E-state index in [-0.39, 0.29) is 19.1 Å². The van der Waals surface area contributed by atoms with E-state index in [0.29, 0.717) is 11.1 Å². The molecule has 30 heavy (non-hydrogen) atoms. The molecular weight excluding hydrogens is 399 g/mol. The standard InChI is InChI=1S/C22H24F3NO4/c1-14(2)30-20(21(27)28)11-16-8-7-15(3)18(9-16)12-26-29-13-17-5-4-6-19(10-17)22(23,24)25/h4-10,12,14,20H,11,13H2,1-3H3,(H,27,28)/b26-12+. The minimum atomic E-state index is -4.41. The molecule has 2 aromatic rings.